The number of nitrogens with zero attached hydrogens (tertiary/aromatic N) is 6. The van der Waals surface area contributed by atoms with Gasteiger partial charge in [-0.25, -0.2) is 14.5 Å². The van der Waals surface area contributed by atoms with E-state index in [-0.39, 0.29) is 17.9 Å². The fourth-order valence-corrected chi connectivity index (χ4v) is 7.35. The van der Waals surface area contributed by atoms with Crippen molar-refractivity contribution >= 4 is 46.0 Å². The molecule has 2 saturated heterocycles. The number of amides is 1. The summed E-state index contributed by atoms with van der Waals surface area (Å²) in [5, 5.41) is 6.95. The van der Waals surface area contributed by atoms with Crippen LogP contribution in [0.5, 0.6) is 5.75 Å². The van der Waals surface area contributed by atoms with Gasteiger partial charge in [-0.05, 0) is 90.1 Å². The fraction of sp³-hybridized carbons (Fsp3) is 0.486. The van der Waals surface area contributed by atoms with Crippen molar-refractivity contribution in [2.45, 2.75) is 83.3 Å². The molecule has 248 valence electrons. The zero-order chi connectivity index (χ0) is 32.9. The summed E-state index contributed by atoms with van der Waals surface area (Å²) in [6.07, 6.45) is 9.24. The van der Waals surface area contributed by atoms with Crippen LogP contribution in [0.15, 0.2) is 48.9 Å². The maximum atomic E-state index is 13.0. The number of fused-ring (bicyclic) bond motifs is 1. The highest BCUT2D eigenvalue weighted by Gasteiger charge is 2.54. The number of anilines is 1. The predicted molar refractivity (Wildman–Crippen MR) is 182 cm³/mol. The number of carbonyl (C=O) groups excluding carboxylic acids is 1. The Morgan fingerprint density at radius 1 is 1.06 bits per heavy atom. The van der Waals surface area contributed by atoms with Crippen LogP contribution in [0.3, 0.4) is 0 Å². The minimum atomic E-state index is -0.520. The summed E-state index contributed by atoms with van der Waals surface area (Å²) in [5.74, 6) is 1.55. The van der Waals surface area contributed by atoms with Crippen LogP contribution < -0.4 is 9.64 Å². The van der Waals surface area contributed by atoms with E-state index in [4.69, 9.17) is 47.5 Å². The summed E-state index contributed by atoms with van der Waals surface area (Å²) in [7, 11) is 0. The Kier molecular flexibility index (Phi) is 8.47. The van der Waals surface area contributed by atoms with Crippen molar-refractivity contribution in [2.75, 3.05) is 31.1 Å². The van der Waals surface area contributed by atoms with Gasteiger partial charge in [-0.2, -0.15) is 5.10 Å². The van der Waals surface area contributed by atoms with E-state index in [0.717, 1.165) is 66.6 Å². The Balaban J connectivity index is 1.16. The largest absolute Gasteiger partial charge is 0.486 e. The normalized spacial score (nSPS) is 20.0. The zero-order valence-corrected chi connectivity index (χ0v) is 28.7. The molecule has 1 saturated carbocycles. The standard InChI is InChI=1S/C35H40Cl2N6O4/c1-22(31-26(36)19-38-20-27(31)37)46-24-9-10-28-25(17-24)32(40-43(28)30-7-5-6-16-45-30)23-8-11-29(39-18-23)41-14-15-42(35(21-41)12-13-35)33(44)47-34(2,3)4/h8-11,17-20,22,30H,5-7,12-16,21H2,1-4H3/t22-,30?/m1/s1. The molecule has 10 nitrogen and oxygen atoms in total. The molecular weight excluding hydrogens is 639 g/mol. The highest BCUT2D eigenvalue weighted by Crippen LogP contribution is 2.46. The summed E-state index contributed by atoms with van der Waals surface area (Å²) < 4.78 is 20.2. The number of carbonyl (C=O) groups is 1. The minimum Gasteiger partial charge on any atom is -0.486 e. The average Bonchev–Trinajstić information content (AvgIpc) is 3.69. The topological polar surface area (TPSA) is 94.8 Å². The molecule has 2 atom stereocenters. The van der Waals surface area contributed by atoms with Crippen LogP contribution >= 0.6 is 23.2 Å². The molecule has 1 aliphatic carbocycles. The molecule has 2 aliphatic heterocycles. The Bertz CT molecular complexity index is 1760. The van der Waals surface area contributed by atoms with E-state index in [1.807, 2.05) is 67.7 Å². The molecule has 1 spiro atoms. The SMILES string of the molecule is C[C@@H](Oc1ccc2c(c1)c(-c1ccc(N3CCN(C(=O)OC(C)(C)C)C4(CC4)C3)nc1)nn2C1CCCCO1)c1c(Cl)cncc1Cl. The summed E-state index contributed by atoms with van der Waals surface area (Å²) in [6, 6.07) is 10.1. The van der Waals surface area contributed by atoms with Gasteiger partial charge in [-0.1, -0.05) is 23.2 Å². The Labute approximate surface area is 284 Å². The van der Waals surface area contributed by atoms with Crippen LogP contribution in [0.4, 0.5) is 10.6 Å². The number of aromatic nitrogens is 4. The number of halogens is 2. The van der Waals surface area contributed by atoms with Crippen LogP contribution in [0.25, 0.3) is 22.2 Å². The first kappa shape index (κ1) is 32.0. The summed E-state index contributed by atoms with van der Waals surface area (Å²) in [4.78, 5) is 26.1. The van der Waals surface area contributed by atoms with E-state index in [1.165, 1.54) is 0 Å². The van der Waals surface area contributed by atoms with Crippen molar-refractivity contribution in [1.29, 1.82) is 0 Å². The summed E-state index contributed by atoms with van der Waals surface area (Å²) in [5.41, 5.74) is 2.65. The molecule has 3 aromatic heterocycles. The van der Waals surface area contributed by atoms with E-state index in [1.54, 1.807) is 12.4 Å². The first-order valence-electron chi connectivity index (χ1n) is 16.3. The average molecular weight is 680 g/mol. The van der Waals surface area contributed by atoms with Gasteiger partial charge in [0.25, 0.3) is 0 Å². The van der Waals surface area contributed by atoms with Gasteiger partial charge in [0.2, 0.25) is 0 Å². The molecule has 1 unspecified atom stereocenters. The van der Waals surface area contributed by atoms with Gasteiger partial charge in [-0.3, -0.25) is 9.88 Å². The third kappa shape index (κ3) is 6.47. The van der Waals surface area contributed by atoms with Crippen LogP contribution in [-0.2, 0) is 9.47 Å². The molecule has 0 radical (unpaired) electrons. The Hall–Kier alpha value is -3.60. The van der Waals surface area contributed by atoms with Crippen LogP contribution in [-0.4, -0.2) is 68.1 Å². The first-order valence-corrected chi connectivity index (χ1v) is 17.1. The predicted octanol–water partition coefficient (Wildman–Crippen LogP) is 8.23. The van der Waals surface area contributed by atoms with E-state index in [2.05, 4.69) is 16.0 Å². The lowest BCUT2D eigenvalue weighted by atomic mass is 10.1. The first-order chi connectivity index (χ1) is 22.5. The lowest BCUT2D eigenvalue weighted by Gasteiger charge is -2.42. The van der Waals surface area contributed by atoms with Crippen LogP contribution in [0.1, 0.15) is 77.7 Å². The molecule has 7 rings (SSSR count). The number of benzene rings is 1. The van der Waals surface area contributed by atoms with Gasteiger partial charge in [-0.15, -0.1) is 0 Å². The van der Waals surface area contributed by atoms with E-state index in [0.29, 0.717) is 41.1 Å². The third-order valence-electron chi connectivity index (χ3n) is 9.15. The van der Waals surface area contributed by atoms with Gasteiger partial charge >= 0.3 is 6.09 Å². The molecule has 1 amide bonds. The molecule has 47 heavy (non-hydrogen) atoms. The molecule has 5 heterocycles. The number of hydrogen-bond acceptors (Lipinski definition) is 8. The Morgan fingerprint density at radius 2 is 1.85 bits per heavy atom. The van der Waals surface area contributed by atoms with Gasteiger partial charge in [0.1, 0.15) is 29.0 Å². The van der Waals surface area contributed by atoms with Gasteiger partial charge in [0.05, 0.1) is 21.1 Å². The molecule has 4 aromatic rings. The third-order valence-corrected chi connectivity index (χ3v) is 9.76. The second kappa shape index (κ2) is 12.5. The molecule has 3 aliphatic rings. The second-order valence-corrected chi connectivity index (χ2v) is 14.6. The molecule has 0 bridgehead atoms. The molecule has 0 N–H and O–H groups in total. The second-order valence-electron chi connectivity index (χ2n) is 13.8. The smallest absolute Gasteiger partial charge is 0.410 e. The molecule has 1 aromatic carbocycles. The number of pyridine rings is 2. The maximum absolute atomic E-state index is 13.0. The van der Waals surface area contributed by atoms with Gasteiger partial charge in [0, 0.05) is 61.3 Å². The summed E-state index contributed by atoms with van der Waals surface area (Å²) >= 11 is 12.8. The summed E-state index contributed by atoms with van der Waals surface area (Å²) in [6.45, 7) is 10.4. The van der Waals surface area contributed by atoms with Crippen molar-refractivity contribution in [2.24, 2.45) is 0 Å². The van der Waals surface area contributed by atoms with Crippen molar-refractivity contribution in [3.8, 4) is 17.0 Å². The molecule has 12 heteroatoms. The fourth-order valence-electron chi connectivity index (χ4n) is 6.68. The van der Waals surface area contributed by atoms with Gasteiger partial charge in [0.15, 0.2) is 6.23 Å². The van der Waals surface area contributed by atoms with Crippen molar-refractivity contribution in [3.05, 3.63) is 64.5 Å². The lowest BCUT2D eigenvalue weighted by Crippen LogP contribution is -2.58. The Morgan fingerprint density at radius 3 is 2.51 bits per heavy atom. The highest BCUT2D eigenvalue weighted by molar-refractivity contribution is 6.35. The highest BCUT2D eigenvalue weighted by atomic mass is 35.5. The van der Waals surface area contributed by atoms with E-state index in [9.17, 15) is 4.79 Å². The minimum absolute atomic E-state index is 0.136. The van der Waals surface area contributed by atoms with Gasteiger partial charge < -0.3 is 19.1 Å². The monoisotopic (exact) mass is 678 g/mol. The number of rotatable bonds is 6. The van der Waals surface area contributed by atoms with E-state index >= 15 is 0 Å². The van der Waals surface area contributed by atoms with E-state index < -0.39 is 11.7 Å². The quantitative estimate of drug-likeness (QED) is 0.201. The lowest BCUT2D eigenvalue weighted by molar-refractivity contribution is -0.0365. The number of hydrogen-bond donors (Lipinski definition) is 0. The zero-order valence-electron chi connectivity index (χ0n) is 27.2. The molecule has 3 fully saturated rings. The van der Waals surface area contributed by atoms with Crippen LogP contribution in [0.2, 0.25) is 10.0 Å². The van der Waals surface area contributed by atoms with Crippen molar-refractivity contribution in [3.63, 3.8) is 0 Å². The number of piperazine rings is 1. The molecular formula is C35H40Cl2N6O4. The van der Waals surface area contributed by atoms with Crippen molar-refractivity contribution < 1.29 is 19.0 Å². The number of ether oxygens (including phenoxy) is 3. The maximum Gasteiger partial charge on any atom is 0.410 e. The van der Waals surface area contributed by atoms with Crippen molar-refractivity contribution in [1.82, 2.24) is 24.6 Å². The van der Waals surface area contributed by atoms with Crippen LogP contribution in [0, 0.1) is 0 Å².